The van der Waals surface area contributed by atoms with Gasteiger partial charge in [0.1, 0.15) is 0 Å². The van der Waals surface area contributed by atoms with E-state index in [0.29, 0.717) is 0 Å². The van der Waals surface area contributed by atoms with Gasteiger partial charge in [-0.3, -0.25) is 0 Å². The van der Waals surface area contributed by atoms with Gasteiger partial charge in [0.05, 0.1) is 0 Å². The van der Waals surface area contributed by atoms with Gasteiger partial charge in [-0.1, -0.05) is 188 Å². The summed E-state index contributed by atoms with van der Waals surface area (Å²) in [7, 11) is 0. The number of aryl methyl sites for hydroxylation is 2. The summed E-state index contributed by atoms with van der Waals surface area (Å²) in [5.74, 6) is 0. The molecule has 0 unspecified atom stereocenters. The minimum Gasteiger partial charge on any atom is -0.0622 e. The van der Waals surface area contributed by atoms with E-state index in [1.54, 1.807) is 0 Å². The summed E-state index contributed by atoms with van der Waals surface area (Å²) in [6, 6.07) is 77.4. The summed E-state index contributed by atoms with van der Waals surface area (Å²) in [6.07, 6.45) is 0. The molecule has 0 aliphatic heterocycles. The van der Waals surface area contributed by atoms with Crippen molar-refractivity contribution in [2.45, 2.75) is 13.8 Å². The predicted octanol–water partition coefficient (Wildman–Crippen LogP) is 17.4. The van der Waals surface area contributed by atoms with Gasteiger partial charge in [-0.15, -0.1) is 0 Å². The average molecular weight is 785 g/mol. The fraction of sp³-hybridized carbons (Fsp3) is 0.0323. The van der Waals surface area contributed by atoms with Crippen LogP contribution in [0.1, 0.15) is 11.1 Å². The van der Waals surface area contributed by atoms with E-state index >= 15 is 0 Å². The number of fused-ring (bicyclic) bond motifs is 8. The molecule has 0 bridgehead atoms. The molecular weight excluding hydrogens is 745 g/mol. The topological polar surface area (TPSA) is 0 Å². The van der Waals surface area contributed by atoms with Gasteiger partial charge in [0.15, 0.2) is 0 Å². The van der Waals surface area contributed by atoms with Crippen molar-refractivity contribution < 1.29 is 0 Å². The Bertz CT molecular complexity index is 3510. The lowest BCUT2D eigenvalue weighted by Gasteiger charge is -2.24. The summed E-state index contributed by atoms with van der Waals surface area (Å²) < 4.78 is 0. The molecule has 11 aromatic rings. The zero-order valence-corrected chi connectivity index (χ0v) is 34.6. The molecule has 0 saturated heterocycles. The van der Waals surface area contributed by atoms with Crippen LogP contribution < -0.4 is 0 Å². The Kier molecular flexibility index (Phi) is 7.54. The van der Waals surface area contributed by atoms with Crippen molar-refractivity contribution in [1.82, 2.24) is 0 Å². The van der Waals surface area contributed by atoms with Crippen molar-refractivity contribution >= 4 is 32.3 Å². The molecule has 11 aromatic carbocycles. The molecule has 0 amide bonds. The maximum atomic E-state index is 2.47. The van der Waals surface area contributed by atoms with Crippen LogP contribution in [0.5, 0.6) is 0 Å². The standard InChI is InChI=1S/C62H40/c1-37-16-15-17-38(2)56(37)43-28-29-46-49-30-32-51-60-52(33-31-50(57(49)60)53(46)36-43)62-59(48-27-14-12-25-45(48)40-20-7-4-8-21-40)55-35-42-23-10-9-22-41(42)34-54(55)58(61(51)62)47-26-13-11-24-44(47)39-18-5-3-6-19-39/h3-36H,1-2H3. The first-order valence-electron chi connectivity index (χ1n) is 21.8. The van der Waals surface area contributed by atoms with Crippen LogP contribution in [0.25, 0.3) is 132 Å². The van der Waals surface area contributed by atoms with Gasteiger partial charge in [-0.25, -0.2) is 0 Å². The predicted molar refractivity (Wildman–Crippen MR) is 264 cm³/mol. The first kappa shape index (κ1) is 35.0. The van der Waals surface area contributed by atoms with E-state index in [9.17, 15) is 0 Å². The zero-order chi connectivity index (χ0) is 41.1. The Hall–Kier alpha value is -7.80. The van der Waals surface area contributed by atoms with E-state index in [2.05, 4.69) is 220 Å². The molecule has 2 aliphatic rings. The lowest BCUT2D eigenvalue weighted by atomic mass is 9.79. The minimum absolute atomic E-state index is 1.22. The number of rotatable bonds is 5. The monoisotopic (exact) mass is 784 g/mol. The third-order valence-electron chi connectivity index (χ3n) is 13.8. The van der Waals surface area contributed by atoms with E-state index in [1.165, 1.54) is 144 Å². The van der Waals surface area contributed by atoms with Crippen LogP contribution >= 0.6 is 0 Å². The van der Waals surface area contributed by atoms with Gasteiger partial charge in [-0.05, 0) is 176 Å². The second-order valence-corrected chi connectivity index (χ2v) is 17.2. The minimum atomic E-state index is 1.22. The largest absolute Gasteiger partial charge is 0.0622 e. The third-order valence-corrected chi connectivity index (χ3v) is 13.8. The normalized spacial score (nSPS) is 12.0. The van der Waals surface area contributed by atoms with Crippen molar-refractivity contribution in [3.8, 4) is 100 Å². The molecule has 0 spiro atoms. The molecule has 0 N–H and O–H groups in total. The summed E-state index contributed by atoms with van der Waals surface area (Å²) in [4.78, 5) is 0. The summed E-state index contributed by atoms with van der Waals surface area (Å²) in [6.45, 7) is 4.47. The van der Waals surface area contributed by atoms with E-state index < -0.39 is 0 Å². The van der Waals surface area contributed by atoms with Gasteiger partial charge in [0, 0.05) is 0 Å². The molecule has 0 nitrogen and oxygen atoms in total. The molecule has 62 heavy (non-hydrogen) atoms. The van der Waals surface area contributed by atoms with Gasteiger partial charge in [0.25, 0.3) is 0 Å². The molecule has 0 heteroatoms. The maximum absolute atomic E-state index is 2.47. The first-order valence-corrected chi connectivity index (χ1v) is 21.8. The smallest absolute Gasteiger partial charge is 0.000718 e. The van der Waals surface area contributed by atoms with Crippen molar-refractivity contribution in [3.63, 3.8) is 0 Å². The van der Waals surface area contributed by atoms with Crippen molar-refractivity contribution in [2.75, 3.05) is 0 Å². The lowest BCUT2D eigenvalue weighted by molar-refractivity contribution is 1.38. The van der Waals surface area contributed by atoms with Crippen LogP contribution in [0, 0.1) is 13.8 Å². The van der Waals surface area contributed by atoms with Gasteiger partial charge in [-0.2, -0.15) is 0 Å². The summed E-state index contributed by atoms with van der Waals surface area (Å²) in [5, 5.41) is 7.75. The average Bonchev–Trinajstić information content (AvgIpc) is 3.82. The van der Waals surface area contributed by atoms with Crippen LogP contribution in [0.2, 0.25) is 0 Å². The quantitative estimate of drug-likeness (QED) is 0.153. The van der Waals surface area contributed by atoms with E-state index in [1.807, 2.05) is 0 Å². The summed E-state index contributed by atoms with van der Waals surface area (Å²) in [5.41, 5.74) is 25.8. The highest BCUT2D eigenvalue weighted by Gasteiger charge is 2.35. The molecular formula is C62H40. The Morgan fingerprint density at radius 3 is 1.18 bits per heavy atom. The van der Waals surface area contributed by atoms with Crippen LogP contribution in [0.3, 0.4) is 0 Å². The van der Waals surface area contributed by atoms with Gasteiger partial charge >= 0.3 is 0 Å². The van der Waals surface area contributed by atoms with Crippen molar-refractivity contribution in [1.29, 1.82) is 0 Å². The zero-order valence-electron chi connectivity index (χ0n) is 34.6. The third kappa shape index (κ3) is 4.95. The van der Waals surface area contributed by atoms with Crippen LogP contribution in [0.4, 0.5) is 0 Å². The molecule has 0 radical (unpaired) electrons. The molecule has 0 atom stereocenters. The fourth-order valence-corrected chi connectivity index (χ4v) is 11.2. The Labute approximate surface area is 362 Å². The Balaban J connectivity index is 1.19. The molecule has 0 fully saturated rings. The van der Waals surface area contributed by atoms with E-state index in [-0.39, 0.29) is 0 Å². The van der Waals surface area contributed by atoms with E-state index in [4.69, 9.17) is 0 Å². The number of benzene rings is 11. The van der Waals surface area contributed by atoms with Crippen LogP contribution in [-0.4, -0.2) is 0 Å². The fourth-order valence-electron chi connectivity index (χ4n) is 11.2. The second-order valence-electron chi connectivity index (χ2n) is 17.2. The highest BCUT2D eigenvalue weighted by atomic mass is 14.4. The van der Waals surface area contributed by atoms with Gasteiger partial charge < -0.3 is 0 Å². The Morgan fingerprint density at radius 2 is 0.645 bits per heavy atom. The SMILES string of the molecule is Cc1cccc(C)c1-c1ccc2c(c1)-c1ccc3c4c(ccc-2c14)-c1c-3c(-c2ccccc2-c2ccccc2)c2cc3ccccc3cc2c1-c1ccccc1-c1ccccc1. The van der Waals surface area contributed by atoms with Gasteiger partial charge in [0.2, 0.25) is 0 Å². The second kappa shape index (κ2) is 13.4. The lowest BCUT2D eigenvalue weighted by Crippen LogP contribution is -1.96. The first-order chi connectivity index (χ1) is 30.6. The number of hydrogen-bond acceptors (Lipinski definition) is 0. The molecule has 0 aromatic heterocycles. The molecule has 0 heterocycles. The van der Waals surface area contributed by atoms with Crippen LogP contribution in [-0.2, 0) is 0 Å². The maximum Gasteiger partial charge on any atom is -0.000718 e. The number of hydrogen-bond donors (Lipinski definition) is 0. The van der Waals surface area contributed by atoms with E-state index in [0.717, 1.165) is 0 Å². The molecule has 13 rings (SSSR count). The Morgan fingerprint density at radius 1 is 0.226 bits per heavy atom. The van der Waals surface area contributed by atoms with Crippen LogP contribution in [0.15, 0.2) is 206 Å². The molecule has 0 saturated carbocycles. The van der Waals surface area contributed by atoms with Crippen molar-refractivity contribution in [3.05, 3.63) is 217 Å². The summed E-state index contributed by atoms with van der Waals surface area (Å²) >= 11 is 0. The molecule has 2 aliphatic carbocycles. The van der Waals surface area contributed by atoms with Crippen molar-refractivity contribution in [2.24, 2.45) is 0 Å². The highest BCUT2D eigenvalue weighted by molar-refractivity contribution is 6.33. The molecule has 288 valence electrons. The highest BCUT2D eigenvalue weighted by Crippen LogP contribution is 2.63.